The first-order valence-electron chi connectivity index (χ1n) is 11.9. The predicted octanol–water partition coefficient (Wildman–Crippen LogP) is 6.79. The number of esters is 1. The Morgan fingerprint density at radius 1 is 0.750 bits per heavy atom. The van der Waals surface area contributed by atoms with Gasteiger partial charge < -0.3 is 14.3 Å². The number of carbonyl (C=O) groups is 2. The largest absolute Gasteiger partial charge is 0.462 e. The van der Waals surface area contributed by atoms with Crippen molar-refractivity contribution in [3.63, 3.8) is 0 Å². The maximum absolute atomic E-state index is 12.2. The molecule has 0 rings (SSSR count). The lowest BCUT2D eigenvalue weighted by atomic mass is 10.0. The molecule has 0 heterocycles. The number of ether oxygens (including phenoxy) is 2. The average molecular weight is 399 g/mol. The summed E-state index contributed by atoms with van der Waals surface area (Å²) in [6.07, 6.45) is 20.1. The van der Waals surface area contributed by atoms with Gasteiger partial charge in [0.15, 0.2) is 0 Å². The van der Waals surface area contributed by atoms with Crippen molar-refractivity contribution < 1.29 is 19.1 Å². The molecule has 166 valence electrons. The summed E-state index contributed by atoms with van der Waals surface area (Å²) in [5.41, 5.74) is 0. The average Bonchev–Trinajstić information content (AvgIpc) is 2.69. The summed E-state index contributed by atoms with van der Waals surface area (Å²) < 4.78 is 10.9. The normalized spacial score (nSPS) is 11.1. The summed E-state index contributed by atoms with van der Waals surface area (Å²) in [5.74, 6) is -0.0719. The second-order valence-electron chi connectivity index (χ2n) is 7.92. The lowest BCUT2D eigenvalue weighted by Crippen LogP contribution is -2.18. The van der Waals surface area contributed by atoms with Gasteiger partial charge in [0.1, 0.15) is 19.0 Å². The van der Waals surface area contributed by atoms with E-state index in [0.29, 0.717) is 13.0 Å². The first-order valence-corrected chi connectivity index (χ1v) is 11.9. The molecule has 0 N–H and O–H groups in total. The van der Waals surface area contributed by atoms with Crippen molar-refractivity contribution in [1.29, 1.82) is 0 Å². The van der Waals surface area contributed by atoms with E-state index in [9.17, 15) is 9.59 Å². The van der Waals surface area contributed by atoms with E-state index < -0.39 is 0 Å². The minimum Gasteiger partial charge on any atom is -0.462 e. The summed E-state index contributed by atoms with van der Waals surface area (Å²) in [7, 11) is 0. The highest BCUT2D eigenvalue weighted by atomic mass is 16.5. The minimum absolute atomic E-state index is 0.0719. The monoisotopic (exact) mass is 398 g/mol. The zero-order valence-electron chi connectivity index (χ0n) is 18.7. The molecule has 0 aromatic rings. The van der Waals surface area contributed by atoms with Crippen molar-refractivity contribution >= 4 is 12.3 Å². The van der Waals surface area contributed by atoms with Crippen LogP contribution in [-0.4, -0.2) is 31.6 Å². The van der Waals surface area contributed by atoms with Gasteiger partial charge in [-0.2, -0.15) is 0 Å². The Hall–Kier alpha value is -0.900. The molecule has 4 heteroatoms. The van der Waals surface area contributed by atoms with Gasteiger partial charge in [0.25, 0.3) is 0 Å². The molecule has 0 radical (unpaired) electrons. The molecule has 0 saturated carbocycles. The van der Waals surface area contributed by atoms with Gasteiger partial charge in [0.05, 0.1) is 0 Å². The number of rotatable bonds is 22. The molecular formula is C24H46O4. The van der Waals surface area contributed by atoms with Gasteiger partial charge in [-0.05, 0) is 38.5 Å². The molecule has 0 aliphatic rings. The molecule has 0 atom stereocenters. The van der Waals surface area contributed by atoms with Gasteiger partial charge in [-0.3, -0.25) is 4.79 Å². The first kappa shape index (κ1) is 27.1. The quantitative estimate of drug-likeness (QED) is 0.114. The fourth-order valence-electron chi connectivity index (χ4n) is 3.42. The molecule has 0 aromatic carbocycles. The van der Waals surface area contributed by atoms with Crippen LogP contribution in [0.3, 0.4) is 0 Å². The van der Waals surface area contributed by atoms with Crippen molar-refractivity contribution in [1.82, 2.24) is 0 Å². The number of hydrogen-bond acceptors (Lipinski definition) is 4. The minimum atomic E-state index is -0.0719. The second kappa shape index (κ2) is 22.4. The molecule has 0 amide bonds. The van der Waals surface area contributed by atoms with E-state index in [2.05, 4.69) is 13.8 Å². The van der Waals surface area contributed by atoms with Crippen molar-refractivity contribution in [2.75, 3.05) is 13.2 Å². The van der Waals surface area contributed by atoms with Crippen LogP contribution >= 0.6 is 0 Å². The predicted molar refractivity (Wildman–Crippen MR) is 117 cm³/mol. The summed E-state index contributed by atoms with van der Waals surface area (Å²) in [4.78, 5) is 22.4. The van der Waals surface area contributed by atoms with E-state index in [4.69, 9.17) is 9.47 Å². The standard InChI is InChI=1S/C24H46O4/c1-3-5-7-9-11-13-17-23(18-14-12-10-8-6-4-2)28-24(26)19-15-16-21-27-22-20-25/h20,23H,3-19,21-22H2,1-2H3. The van der Waals surface area contributed by atoms with Crippen LogP contribution in [0.4, 0.5) is 0 Å². The van der Waals surface area contributed by atoms with Gasteiger partial charge in [0, 0.05) is 13.0 Å². The van der Waals surface area contributed by atoms with Crippen LogP contribution in [0.5, 0.6) is 0 Å². The van der Waals surface area contributed by atoms with E-state index >= 15 is 0 Å². The van der Waals surface area contributed by atoms with Crippen molar-refractivity contribution in [3.8, 4) is 0 Å². The van der Waals surface area contributed by atoms with E-state index in [1.807, 2.05) is 0 Å². The highest BCUT2D eigenvalue weighted by molar-refractivity contribution is 5.69. The molecule has 0 saturated heterocycles. The van der Waals surface area contributed by atoms with E-state index in [0.717, 1.165) is 44.8 Å². The highest BCUT2D eigenvalue weighted by Crippen LogP contribution is 2.17. The van der Waals surface area contributed by atoms with Gasteiger partial charge in [-0.15, -0.1) is 0 Å². The summed E-state index contributed by atoms with van der Waals surface area (Å²) >= 11 is 0. The van der Waals surface area contributed by atoms with Crippen molar-refractivity contribution in [3.05, 3.63) is 0 Å². The molecule has 0 aliphatic carbocycles. The molecule has 0 fully saturated rings. The zero-order chi connectivity index (χ0) is 20.7. The molecule has 0 unspecified atom stereocenters. The van der Waals surface area contributed by atoms with Crippen LogP contribution in [-0.2, 0) is 19.1 Å². The van der Waals surface area contributed by atoms with Gasteiger partial charge in [-0.25, -0.2) is 0 Å². The third kappa shape index (κ3) is 19.9. The lowest BCUT2D eigenvalue weighted by molar-refractivity contribution is -0.150. The van der Waals surface area contributed by atoms with Gasteiger partial charge >= 0.3 is 5.97 Å². The lowest BCUT2D eigenvalue weighted by Gasteiger charge is -2.18. The maximum atomic E-state index is 12.2. The molecule has 0 aromatic heterocycles. The van der Waals surface area contributed by atoms with Crippen LogP contribution in [0.25, 0.3) is 0 Å². The Balaban J connectivity index is 4.00. The highest BCUT2D eigenvalue weighted by Gasteiger charge is 2.14. The molecule has 0 spiro atoms. The van der Waals surface area contributed by atoms with E-state index in [1.54, 1.807) is 0 Å². The Kier molecular flexibility index (Phi) is 21.7. The molecular weight excluding hydrogens is 352 g/mol. The van der Waals surface area contributed by atoms with E-state index in [-0.39, 0.29) is 18.7 Å². The van der Waals surface area contributed by atoms with Crippen LogP contribution in [0, 0.1) is 0 Å². The Morgan fingerprint density at radius 3 is 1.82 bits per heavy atom. The second-order valence-corrected chi connectivity index (χ2v) is 7.92. The Morgan fingerprint density at radius 2 is 1.29 bits per heavy atom. The number of aldehydes is 1. The third-order valence-corrected chi connectivity index (χ3v) is 5.16. The van der Waals surface area contributed by atoms with Gasteiger partial charge in [-0.1, -0.05) is 78.1 Å². The first-order chi connectivity index (χ1) is 13.7. The van der Waals surface area contributed by atoms with E-state index in [1.165, 1.54) is 64.2 Å². The smallest absolute Gasteiger partial charge is 0.306 e. The SMILES string of the molecule is CCCCCCCCC(CCCCCCCC)OC(=O)CCCCOCC=O. The van der Waals surface area contributed by atoms with Crippen LogP contribution in [0.1, 0.15) is 123 Å². The fourth-order valence-corrected chi connectivity index (χ4v) is 3.42. The molecule has 0 aliphatic heterocycles. The summed E-state index contributed by atoms with van der Waals surface area (Å²) in [6, 6.07) is 0. The Labute approximate surface area is 174 Å². The molecule has 28 heavy (non-hydrogen) atoms. The molecule has 4 nitrogen and oxygen atoms in total. The summed E-state index contributed by atoms with van der Waals surface area (Å²) in [5, 5.41) is 0. The topological polar surface area (TPSA) is 52.6 Å². The molecule has 0 bridgehead atoms. The van der Waals surface area contributed by atoms with Crippen molar-refractivity contribution in [2.45, 2.75) is 129 Å². The van der Waals surface area contributed by atoms with Gasteiger partial charge in [0.2, 0.25) is 0 Å². The fraction of sp³-hybridized carbons (Fsp3) is 0.917. The number of unbranched alkanes of at least 4 members (excludes halogenated alkanes) is 11. The maximum Gasteiger partial charge on any atom is 0.306 e. The van der Waals surface area contributed by atoms with Crippen LogP contribution in [0.2, 0.25) is 0 Å². The van der Waals surface area contributed by atoms with Crippen LogP contribution in [0.15, 0.2) is 0 Å². The summed E-state index contributed by atoms with van der Waals surface area (Å²) in [6.45, 7) is 5.16. The third-order valence-electron chi connectivity index (χ3n) is 5.16. The number of hydrogen-bond donors (Lipinski definition) is 0. The van der Waals surface area contributed by atoms with Crippen LogP contribution < -0.4 is 0 Å². The number of carbonyl (C=O) groups excluding carboxylic acids is 2. The van der Waals surface area contributed by atoms with Crippen molar-refractivity contribution in [2.24, 2.45) is 0 Å². The zero-order valence-corrected chi connectivity index (χ0v) is 18.7. The Bertz CT molecular complexity index is 327.